The van der Waals surface area contributed by atoms with E-state index in [1.807, 2.05) is 0 Å². The molecule has 1 aromatic heterocycles. The number of furan rings is 1. The first kappa shape index (κ1) is 12.7. The van der Waals surface area contributed by atoms with Crippen molar-refractivity contribution in [2.24, 2.45) is 11.3 Å². The number of hydrogen-bond donors (Lipinski definition) is 2. The molecule has 1 heterocycles. The quantitative estimate of drug-likeness (QED) is 0.834. The van der Waals surface area contributed by atoms with Crippen molar-refractivity contribution in [2.75, 3.05) is 6.54 Å². The van der Waals surface area contributed by atoms with Crippen LogP contribution in [0.15, 0.2) is 16.7 Å². The summed E-state index contributed by atoms with van der Waals surface area (Å²) in [6, 6.07) is 1.36. The fraction of sp³-hybridized carbons (Fsp3) is 0.538. The van der Waals surface area contributed by atoms with Crippen molar-refractivity contribution in [3.63, 3.8) is 0 Å². The molecule has 5 nitrogen and oxygen atoms in total. The Hall–Kier alpha value is -1.78. The Morgan fingerprint density at radius 1 is 1.56 bits per heavy atom. The number of carboxylic acid groups (broad SMARTS) is 1. The van der Waals surface area contributed by atoms with Crippen LogP contribution in [-0.2, 0) is 11.2 Å². The highest BCUT2D eigenvalue weighted by Crippen LogP contribution is 2.50. The summed E-state index contributed by atoms with van der Waals surface area (Å²) in [4.78, 5) is 22.5. The Kier molecular flexibility index (Phi) is 3.15. The number of nitrogens with one attached hydrogen (secondary N) is 1. The molecule has 1 amide bonds. The molecule has 0 saturated heterocycles. The SMILES string of the molecule is CC1(C)CC1CNC(=O)Cc1occc1C(=O)O. The smallest absolute Gasteiger partial charge is 0.339 e. The topological polar surface area (TPSA) is 79.5 Å². The zero-order chi connectivity index (χ0) is 13.3. The van der Waals surface area contributed by atoms with Crippen LogP contribution in [-0.4, -0.2) is 23.5 Å². The van der Waals surface area contributed by atoms with Crippen LogP contribution >= 0.6 is 0 Å². The fourth-order valence-corrected chi connectivity index (χ4v) is 2.04. The van der Waals surface area contributed by atoms with E-state index in [0.29, 0.717) is 17.9 Å². The maximum atomic E-state index is 11.7. The van der Waals surface area contributed by atoms with E-state index in [9.17, 15) is 9.59 Å². The van der Waals surface area contributed by atoms with Crippen molar-refractivity contribution in [1.82, 2.24) is 5.32 Å². The van der Waals surface area contributed by atoms with Gasteiger partial charge < -0.3 is 14.8 Å². The molecule has 2 rings (SSSR count). The van der Waals surface area contributed by atoms with E-state index in [-0.39, 0.29) is 23.7 Å². The first-order chi connectivity index (χ1) is 8.40. The standard InChI is InChI=1S/C13H17NO4/c1-13(2)6-8(13)7-14-11(15)5-10-9(12(16)17)3-4-18-10/h3-4,8H,5-7H2,1-2H3,(H,14,15)(H,16,17). The lowest BCUT2D eigenvalue weighted by Gasteiger charge is -2.05. The molecule has 1 fully saturated rings. The van der Waals surface area contributed by atoms with Gasteiger partial charge in [-0.3, -0.25) is 4.79 Å². The molecule has 1 aliphatic rings. The third-order valence-electron chi connectivity index (χ3n) is 3.56. The minimum Gasteiger partial charge on any atom is -0.478 e. The van der Waals surface area contributed by atoms with Gasteiger partial charge in [-0.05, 0) is 23.8 Å². The van der Waals surface area contributed by atoms with Crippen molar-refractivity contribution in [2.45, 2.75) is 26.7 Å². The summed E-state index contributed by atoms with van der Waals surface area (Å²) in [5.41, 5.74) is 0.376. The zero-order valence-corrected chi connectivity index (χ0v) is 10.5. The van der Waals surface area contributed by atoms with Gasteiger partial charge in [0.05, 0.1) is 12.7 Å². The molecule has 1 saturated carbocycles. The number of carbonyl (C=O) groups excluding carboxylic acids is 1. The van der Waals surface area contributed by atoms with Gasteiger partial charge in [0.15, 0.2) is 0 Å². The summed E-state index contributed by atoms with van der Waals surface area (Å²) in [6.45, 7) is 4.98. The van der Waals surface area contributed by atoms with Crippen LogP contribution in [0.25, 0.3) is 0 Å². The van der Waals surface area contributed by atoms with Crippen molar-refractivity contribution < 1.29 is 19.1 Å². The fourth-order valence-electron chi connectivity index (χ4n) is 2.04. The third-order valence-corrected chi connectivity index (χ3v) is 3.56. The van der Waals surface area contributed by atoms with Crippen LogP contribution in [0.2, 0.25) is 0 Å². The number of hydrogen-bond acceptors (Lipinski definition) is 3. The summed E-state index contributed by atoms with van der Waals surface area (Å²) in [5, 5.41) is 11.7. The number of amides is 1. The van der Waals surface area contributed by atoms with Gasteiger partial charge in [0.1, 0.15) is 11.3 Å². The second-order valence-corrected chi connectivity index (χ2v) is 5.43. The maximum absolute atomic E-state index is 11.7. The Bertz CT molecular complexity index is 475. The minimum atomic E-state index is -1.07. The summed E-state index contributed by atoms with van der Waals surface area (Å²) >= 11 is 0. The summed E-state index contributed by atoms with van der Waals surface area (Å²) in [5.74, 6) is -0.544. The van der Waals surface area contributed by atoms with E-state index in [4.69, 9.17) is 9.52 Å². The minimum absolute atomic E-state index is 0.0260. The molecule has 0 bridgehead atoms. The van der Waals surface area contributed by atoms with Gasteiger partial charge in [-0.2, -0.15) is 0 Å². The predicted molar refractivity (Wildman–Crippen MR) is 64.3 cm³/mol. The lowest BCUT2D eigenvalue weighted by Crippen LogP contribution is -2.28. The van der Waals surface area contributed by atoms with Crippen LogP contribution in [0.1, 0.15) is 36.4 Å². The molecule has 0 radical (unpaired) electrons. The molecule has 2 N–H and O–H groups in total. The van der Waals surface area contributed by atoms with E-state index in [1.54, 1.807) is 0 Å². The Balaban J connectivity index is 1.84. The highest BCUT2D eigenvalue weighted by atomic mass is 16.4. The van der Waals surface area contributed by atoms with Crippen LogP contribution in [0.5, 0.6) is 0 Å². The number of aromatic carboxylic acids is 1. The molecule has 1 unspecified atom stereocenters. The van der Waals surface area contributed by atoms with Gasteiger partial charge in [0.25, 0.3) is 0 Å². The zero-order valence-electron chi connectivity index (χ0n) is 10.5. The average Bonchev–Trinajstić information content (AvgIpc) is 2.71. The summed E-state index contributed by atoms with van der Waals surface area (Å²) < 4.78 is 5.02. The van der Waals surface area contributed by atoms with E-state index < -0.39 is 5.97 Å². The highest BCUT2D eigenvalue weighted by Gasteiger charge is 2.45. The number of rotatable bonds is 5. The molecule has 1 aromatic rings. The third kappa shape index (κ3) is 2.72. The van der Waals surface area contributed by atoms with Crippen LogP contribution in [0, 0.1) is 11.3 Å². The number of carboxylic acids is 1. The van der Waals surface area contributed by atoms with Crippen molar-refractivity contribution in [3.05, 3.63) is 23.7 Å². The van der Waals surface area contributed by atoms with Crippen LogP contribution in [0.4, 0.5) is 0 Å². The molecule has 0 spiro atoms. The first-order valence-electron chi connectivity index (χ1n) is 5.96. The first-order valence-corrected chi connectivity index (χ1v) is 5.96. The van der Waals surface area contributed by atoms with Crippen molar-refractivity contribution in [1.29, 1.82) is 0 Å². The van der Waals surface area contributed by atoms with Gasteiger partial charge in [-0.15, -0.1) is 0 Å². The van der Waals surface area contributed by atoms with Gasteiger partial charge in [0.2, 0.25) is 5.91 Å². The molecule has 1 aliphatic carbocycles. The van der Waals surface area contributed by atoms with Gasteiger partial charge in [-0.25, -0.2) is 4.79 Å². The molecular formula is C13H17NO4. The van der Waals surface area contributed by atoms with Crippen LogP contribution in [0.3, 0.4) is 0 Å². The molecule has 18 heavy (non-hydrogen) atoms. The summed E-state index contributed by atoms with van der Waals surface area (Å²) in [7, 11) is 0. The van der Waals surface area contributed by atoms with E-state index in [1.165, 1.54) is 12.3 Å². The van der Waals surface area contributed by atoms with Gasteiger partial charge in [-0.1, -0.05) is 13.8 Å². The predicted octanol–water partition coefficient (Wildman–Crippen LogP) is 1.68. The van der Waals surface area contributed by atoms with Gasteiger partial charge in [0, 0.05) is 6.54 Å². The highest BCUT2D eigenvalue weighted by molar-refractivity contribution is 5.90. The normalized spacial score (nSPS) is 20.4. The van der Waals surface area contributed by atoms with Crippen molar-refractivity contribution >= 4 is 11.9 Å². The van der Waals surface area contributed by atoms with Crippen LogP contribution < -0.4 is 5.32 Å². The second kappa shape index (κ2) is 4.48. The Labute approximate surface area is 105 Å². The molecule has 1 atom stereocenters. The monoisotopic (exact) mass is 251 g/mol. The van der Waals surface area contributed by atoms with Gasteiger partial charge >= 0.3 is 5.97 Å². The van der Waals surface area contributed by atoms with Crippen molar-refractivity contribution in [3.8, 4) is 0 Å². The Morgan fingerprint density at radius 3 is 2.78 bits per heavy atom. The van der Waals surface area contributed by atoms with E-state index >= 15 is 0 Å². The molecule has 0 aromatic carbocycles. The molecule has 5 heteroatoms. The van der Waals surface area contributed by atoms with E-state index in [2.05, 4.69) is 19.2 Å². The average molecular weight is 251 g/mol. The van der Waals surface area contributed by atoms with E-state index in [0.717, 1.165) is 6.42 Å². The molecule has 98 valence electrons. The lowest BCUT2D eigenvalue weighted by atomic mass is 10.1. The molecular weight excluding hydrogens is 234 g/mol. The second-order valence-electron chi connectivity index (χ2n) is 5.43. The molecule has 0 aliphatic heterocycles. The summed E-state index contributed by atoms with van der Waals surface area (Å²) in [6.07, 6.45) is 2.38. The maximum Gasteiger partial charge on any atom is 0.339 e. The Morgan fingerprint density at radius 2 is 2.22 bits per heavy atom. The number of carbonyl (C=O) groups is 2. The lowest BCUT2D eigenvalue weighted by molar-refractivity contribution is -0.120. The largest absolute Gasteiger partial charge is 0.478 e.